The minimum absolute atomic E-state index is 0.0196. The molecule has 204 valence electrons. The summed E-state index contributed by atoms with van der Waals surface area (Å²) in [4.78, 5) is 33.5. The molecule has 0 radical (unpaired) electrons. The van der Waals surface area contributed by atoms with E-state index in [-0.39, 0.29) is 31.0 Å². The third-order valence-corrected chi connectivity index (χ3v) is 6.82. The Labute approximate surface area is 230 Å². The standard InChI is InChI=1S/C32H37N3O4/c1-24(2)35(32(37)23-39-22-25-11-5-4-6-12-25)21-31(36)34(20-27-13-7-10-16-30(27)38-3)18-17-26-19-33-29-15-9-8-14-28(26)29/h4-16,19,24,33H,17-18,20-23H2,1-3H3. The van der Waals surface area contributed by atoms with Crippen molar-refractivity contribution in [1.82, 2.24) is 14.8 Å². The molecule has 0 atom stereocenters. The van der Waals surface area contributed by atoms with Crippen molar-refractivity contribution >= 4 is 22.7 Å². The Morgan fingerprint density at radius 1 is 0.872 bits per heavy atom. The zero-order valence-electron chi connectivity index (χ0n) is 22.9. The van der Waals surface area contributed by atoms with Gasteiger partial charge in [0.05, 0.1) is 13.7 Å². The van der Waals surface area contributed by atoms with Crippen LogP contribution in [0.1, 0.15) is 30.5 Å². The summed E-state index contributed by atoms with van der Waals surface area (Å²) in [5.74, 6) is 0.405. The molecule has 0 bridgehead atoms. The van der Waals surface area contributed by atoms with Crippen molar-refractivity contribution in [3.63, 3.8) is 0 Å². The first-order valence-corrected chi connectivity index (χ1v) is 13.3. The van der Waals surface area contributed by atoms with E-state index < -0.39 is 0 Å². The fraction of sp³-hybridized carbons (Fsp3) is 0.312. The van der Waals surface area contributed by atoms with Gasteiger partial charge in [-0.1, -0.05) is 66.7 Å². The van der Waals surface area contributed by atoms with Crippen LogP contribution in [0, 0.1) is 0 Å². The number of aromatic amines is 1. The number of aromatic nitrogens is 1. The van der Waals surface area contributed by atoms with Gasteiger partial charge in [-0.3, -0.25) is 9.59 Å². The average molecular weight is 528 g/mol. The zero-order chi connectivity index (χ0) is 27.6. The van der Waals surface area contributed by atoms with E-state index in [0.29, 0.717) is 26.1 Å². The van der Waals surface area contributed by atoms with Gasteiger partial charge in [-0.05, 0) is 43.5 Å². The molecule has 1 heterocycles. The van der Waals surface area contributed by atoms with Crippen LogP contribution in [-0.4, -0.2) is 59.4 Å². The maximum atomic E-state index is 13.7. The van der Waals surface area contributed by atoms with Crippen molar-refractivity contribution in [1.29, 1.82) is 0 Å². The third kappa shape index (κ3) is 7.48. The van der Waals surface area contributed by atoms with E-state index in [0.717, 1.165) is 33.3 Å². The third-order valence-electron chi connectivity index (χ3n) is 6.82. The highest BCUT2D eigenvalue weighted by atomic mass is 16.5. The first-order chi connectivity index (χ1) is 19.0. The van der Waals surface area contributed by atoms with Crippen LogP contribution in [-0.2, 0) is 33.9 Å². The number of nitrogens with zero attached hydrogens (tertiary/aromatic N) is 2. The molecule has 4 aromatic rings. The van der Waals surface area contributed by atoms with Crippen LogP contribution in [0.5, 0.6) is 5.75 Å². The minimum atomic E-state index is -0.205. The molecular formula is C32H37N3O4. The van der Waals surface area contributed by atoms with Gasteiger partial charge in [0.2, 0.25) is 11.8 Å². The second-order valence-electron chi connectivity index (χ2n) is 9.83. The molecule has 0 saturated heterocycles. The number of benzene rings is 3. The molecule has 1 aromatic heterocycles. The number of para-hydroxylation sites is 2. The van der Waals surface area contributed by atoms with Crippen LogP contribution in [0.3, 0.4) is 0 Å². The molecule has 7 heteroatoms. The van der Waals surface area contributed by atoms with Gasteiger partial charge < -0.3 is 24.3 Å². The second-order valence-corrected chi connectivity index (χ2v) is 9.83. The Morgan fingerprint density at radius 3 is 2.36 bits per heavy atom. The Morgan fingerprint density at radius 2 is 1.59 bits per heavy atom. The fourth-order valence-electron chi connectivity index (χ4n) is 4.64. The monoisotopic (exact) mass is 527 g/mol. The van der Waals surface area contributed by atoms with Crippen molar-refractivity contribution in [3.05, 3.63) is 102 Å². The number of methoxy groups -OCH3 is 1. The van der Waals surface area contributed by atoms with Gasteiger partial charge in [0.15, 0.2) is 0 Å². The lowest BCUT2D eigenvalue weighted by Crippen LogP contribution is -2.47. The molecule has 1 N–H and O–H groups in total. The molecule has 0 spiro atoms. The largest absolute Gasteiger partial charge is 0.496 e. The summed E-state index contributed by atoms with van der Waals surface area (Å²) in [6, 6.07) is 25.4. The van der Waals surface area contributed by atoms with Gasteiger partial charge in [-0.25, -0.2) is 0 Å². The first kappa shape index (κ1) is 27.9. The summed E-state index contributed by atoms with van der Waals surface area (Å²) in [6.45, 7) is 4.96. The highest BCUT2D eigenvalue weighted by Crippen LogP contribution is 2.22. The number of amides is 2. The SMILES string of the molecule is COc1ccccc1CN(CCc1c[nH]c2ccccc12)C(=O)CN(C(=O)COCc1ccccc1)C(C)C. The van der Waals surface area contributed by atoms with Crippen LogP contribution in [0.2, 0.25) is 0 Å². The summed E-state index contributed by atoms with van der Waals surface area (Å²) < 4.78 is 11.2. The number of hydrogen-bond donors (Lipinski definition) is 1. The molecule has 3 aromatic carbocycles. The summed E-state index contributed by atoms with van der Waals surface area (Å²) in [7, 11) is 1.63. The molecule has 0 aliphatic heterocycles. The van der Waals surface area contributed by atoms with E-state index in [1.165, 1.54) is 0 Å². The number of carbonyl (C=O) groups excluding carboxylic acids is 2. The summed E-state index contributed by atoms with van der Waals surface area (Å²) in [5, 5.41) is 1.15. The number of fused-ring (bicyclic) bond motifs is 1. The van der Waals surface area contributed by atoms with Gasteiger partial charge in [-0.2, -0.15) is 0 Å². The van der Waals surface area contributed by atoms with Gasteiger partial charge >= 0.3 is 0 Å². The lowest BCUT2D eigenvalue weighted by atomic mass is 10.1. The minimum Gasteiger partial charge on any atom is -0.496 e. The van der Waals surface area contributed by atoms with E-state index >= 15 is 0 Å². The lowest BCUT2D eigenvalue weighted by molar-refractivity contribution is -0.145. The maximum Gasteiger partial charge on any atom is 0.249 e. The van der Waals surface area contributed by atoms with Crippen molar-refractivity contribution in [2.45, 2.75) is 39.5 Å². The lowest BCUT2D eigenvalue weighted by Gasteiger charge is -2.30. The molecule has 0 aliphatic carbocycles. The number of hydrogen-bond acceptors (Lipinski definition) is 4. The predicted molar refractivity (Wildman–Crippen MR) is 153 cm³/mol. The van der Waals surface area contributed by atoms with Crippen molar-refractivity contribution in [2.24, 2.45) is 0 Å². The van der Waals surface area contributed by atoms with Crippen LogP contribution in [0.4, 0.5) is 0 Å². The summed E-state index contributed by atoms with van der Waals surface area (Å²) >= 11 is 0. The maximum absolute atomic E-state index is 13.7. The fourth-order valence-corrected chi connectivity index (χ4v) is 4.64. The van der Waals surface area contributed by atoms with Crippen LogP contribution < -0.4 is 4.74 Å². The Bertz CT molecular complexity index is 1370. The van der Waals surface area contributed by atoms with E-state index in [9.17, 15) is 9.59 Å². The topological polar surface area (TPSA) is 74.9 Å². The molecule has 4 rings (SSSR count). The molecule has 39 heavy (non-hydrogen) atoms. The van der Waals surface area contributed by atoms with Gasteiger partial charge in [0.1, 0.15) is 18.9 Å². The van der Waals surface area contributed by atoms with Crippen LogP contribution >= 0.6 is 0 Å². The molecule has 7 nitrogen and oxygen atoms in total. The molecule has 2 amide bonds. The van der Waals surface area contributed by atoms with Gasteiger partial charge in [0.25, 0.3) is 0 Å². The predicted octanol–water partition coefficient (Wildman–Crippen LogP) is 5.20. The number of nitrogens with one attached hydrogen (secondary N) is 1. The van der Waals surface area contributed by atoms with E-state index in [1.807, 2.05) is 97.7 Å². The van der Waals surface area contributed by atoms with Crippen LogP contribution in [0.15, 0.2) is 85.1 Å². The molecule has 0 aliphatic rings. The van der Waals surface area contributed by atoms with Crippen molar-refractivity contribution in [3.8, 4) is 5.75 Å². The molecule has 0 fully saturated rings. The van der Waals surface area contributed by atoms with Crippen LogP contribution in [0.25, 0.3) is 10.9 Å². The number of rotatable bonds is 13. The number of ether oxygens (including phenoxy) is 2. The second kappa shape index (κ2) is 13.6. The van der Waals surface area contributed by atoms with E-state index in [2.05, 4.69) is 11.1 Å². The smallest absolute Gasteiger partial charge is 0.249 e. The zero-order valence-corrected chi connectivity index (χ0v) is 22.9. The molecular weight excluding hydrogens is 490 g/mol. The highest BCUT2D eigenvalue weighted by Gasteiger charge is 2.24. The Balaban J connectivity index is 1.46. The van der Waals surface area contributed by atoms with Gasteiger partial charge in [0, 0.05) is 41.8 Å². The van der Waals surface area contributed by atoms with Crippen molar-refractivity contribution < 1.29 is 19.1 Å². The van der Waals surface area contributed by atoms with Gasteiger partial charge in [-0.15, -0.1) is 0 Å². The quantitative estimate of drug-likeness (QED) is 0.259. The number of H-pyrrole nitrogens is 1. The number of carbonyl (C=O) groups is 2. The molecule has 0 unspecified atom stereocenters. The Hall–Kier alpha value is -4.10. The Kier molecular flexibility index (Phi) is 9.75. The normalized spacial score (nSPS) is 11.1. The van der Waals surface area contributed by atoms with E-state index in [4.69, 9.17) is 9.47 Å². The first-order valence-electron chi connectivity index (χ1n) is 13.3. The van der Waals surface area contributed by atoms with E-state index in [1.54, 1.807) is 12.0 Å². The summed E-state index contributed by atoms with van der Waals surface area (Å²) in [5.41, 5.74) is 4.13. The average Bonchev–Trinajstić information content (AvgIpc) is 3.37. The summed E-state index contributed by atoms with van der Waals surface area (Å²) in [6.07, 6.45) is 2.69. The highest BCUT2D eigenvalue weighted by molar-refractivity contribution is 5.86. The molecule has 0 saturated carbocycles. The van der Waals surface area contributed by atoms with Crippen molar-refractivity contribution in [2.75, 3.05) is 26.8 Å².